The van der Waals surface area contributed by atoms with Crippen molar-refractivity contribution in [2.45, 2.75) is 26.8 Å². The van der Waals surface area contributed by atoms with Crippen LogP contribution in [0.15, 0.2) is 47.1 Å². The lowest BCUT2D eigenvalue weighted by atomic mass is 10.1. The molecule has 1 aromatic carbocycles. The first-order chi connectivity index (χ1) is 15.3. The molecule has 0 radical (unpaired) electrons. The van der Waals surface area contributed by atoms with Gasteiger partial charge in [-0.1, -0.05) is 13.8 Å². The Morgan fingerprint density at radius 1 is 1.16 bits per heavy atom. The third-order valence-electron chi connectivity index (χ3n) is 4.77. The molecule has 2 heterocycles. The van der Waals surface area contributed by atoms with E-state index in [-0.39, 0.29) is 31.3 Å². The highest BCUT2D eigenvalue weighted by Crippen LogP contribution is 2.21. The molecule has 0 saturated carbocycles. The van der Waals surface area contributed by atoms with Crippen molar-refractivity contribution in [3.63, 3.8) is 0 Å². The topological polar surface area (TPSA) is 115 Å². The number of carbonyl (C=O) groups is 4. The van der Waals surface area contributed by atoms with Gasteiger partial charge in [-0.25, -0.2) is 4.79 Å². The van der Waals surface area contributed by atoms with E-state index in [4.69, 9.17) is 13.9 Å². The van der Waals surface area contributed by atoms with Gasteiger partial charge in [0.25, 0.3) is 5.91 Å². The number of anilines is 1. The van der Waals surface area contributed by atoms with Gasteiger partial charge in [-0.3, -0.25) is 14.4 Å². The Hall–Kier alpha value is -3.62. The standard InChI is InChI=1S/C23H26N2O7/c1-15(2)13-31-22(28)16-5-7-18(8-6-16)24-20(26)14-32-23(29)17-10-21(27)25(11-17)12-19-4-3-9-30-19/h3-9,15,17H,10-14H2,1-2H3,(H,24,26)/t17-/m0/s1. The van der Waals surface area contributed by atoms with Crippen molar-refractivity contribution in [2.75, 3.05) is 25.1 Å². The molecule has 0 spiro atoms. The van der Waals surface area contributed by atoms with Gasteiger partial charge in [0, 0.05) is 18.7 Å². The Bertz CT molecular complexity index is 951. The van der Waals surface area contributed by atoms with Gasteiger partial charge >= 0.3 is 11.9 Å². The van der Waals surface area contributed by atoms with E-state index in [1.807, 2.05) is 13.8 Å². The Morgan fingerprint density at radius 3 is 2.56 bits per heavy atom. The Morgan fingerprint density at radius 2 is 1.91 bits per heavy atom. The van der Waals surface area contributed by atoms with E-state index in [1.165, 1.54) is 11.2 Å². The number of hydrogen-bond donors (Lipinski definition) is 1. The first-order valence-corrected chi connectivity index (χ1v) is 10.4. The van der Waals surface area contributed by atoms with Gasteiger partial charge in [0.15, 0.2) is 6.61 Å². The number of nitrogens with zero attached hydrogens (tertiary/aromatic N) is 1. The normalized spacial score (nSPS) is 15.7. The average molecular weight is 442 g/mol. The van der Waals surface area contributed by atoms with Crippen LogP contribution in [-0.2, 0) is 30.4 Å². The number of rotatable bonds is 9. The SMILES string of the molecule is CC(C)COC(=O)c1ccc(NC(=O)COC(=O)[C@H]2CC(=O)N(Cc3ccco3)C2)cc1. The lowest BCUT2D eigenvalue weighted by molar-refractivity contribution is -0.151. The largest absolute Gasteiger partial charge is 0.467 e. The maximum atomic E-state index is 12.3. The second kappa shape index (κ2) is 10.6. The maximum absolute atomic E-state index is 12.3. The van der Waals surface area contributed by atoms with Crippen LogP contribution in [-0.4, -0.2) is 48.4 Å². The summed E-state index contributed by atoms with van der Waals surface area (Å²) in [6, 6.07) is 9.70. The van der Waals surface area contributed by atoms with Crippen LogP contribution in [0.2, 0.25) is 0 Å². The summed E-state index contributed by atoms with van der Waals surface area (Å²) in [6.07, 6.45) is 1.56. The molecular formula is C23H26N2O7. The Balaban J connectivity index is 1.42. The predicted octanol–water partition coefficient (Wildman–Crippen LogP) is 2.62. The zero-order valence-electron chi connectivity index (χ0n) is 18.0. The number of amides is 2. The van der Waals surface area contributed by atoms with Crippen LogP contribution in [0.1, 0.15) is 36.4 Å². The zero-order valence-corrected chi connectivity index (χ0v) is 18.0. The van der Waals surface area contributed by atoms with Gasteiger partial charge in [-0.15, -0.1) is 0 Å². The molecule has 170 valence electrons. The van der Waals surface area contributed by atoms with Gasteiger partial charge in [-0.05, 0) is 42.3 Å². The summed E-state index contributed by atoms with van der Waals surface area (Å²) in [5, 5.41) is 2.59. The average Bonchev–Trinajstić information content (AvgIpc) is 3.41. The number of hydrogen-bond acceptors (Lipinski definition) is 7. The molecule has 0 bridgehead atoms. The van der Waals surface area contributed by atoms with Crippen molar-refractivity contribution in [1.29, 1.82) is 0 Å². The van der Waals surface area contributed by atoms with Crippen LogP contribution >= 0.6 is 0 Å². The molecule has 2 amide bonds. The number of likely N-dealkylation sites (tertiary alicyclic amines) is 1. The second-order valence-electron chi connectivity index (χ2n) is 7.98. The first-order valence-electron chi connectivity index (χ1n) is 10.4. The lowest BCUT2D eigenvalue weighted by Crippen LogP contribution is -2.28. The van der Waals surface area contributed by atoms with Crippen LogP contribution < -0.4 is 5.32 Å². The Labute approximate surface area is 185 Å². The fourth-order valence-corrected chi connectivity index (χ4v) is 3.14. The molecule has 1 saturated heterocycles. The highest BCUT2D eigenvalue weighted by Gasteiger charge is 2.35. The number of esters is 2. The van der Waals surface area contributed by atoms with E-state index in [9.17, 15) is 19.2 Å². The lowest BCUT2D eigenvalue weighted by Gasteiger charge is -2.14. The summed E-state index contributed by atoms with van der Waals surface area (Å²) >= 11 is 0. The molecule has 1 fully saturated rings. The molecule has 1 aliphatic heterocycles. The highest BCUT2D eigenvalue weighted by atomic mass is 16.5. The molecule has 2 aromatic rings. The fourth-order valence-electron chi connectivity index (χ4n) is 3.14. The minimum Gasteiger partial charge on any atom is -0.467 e. The summed E-state index contributed by atoms with van der Waals surface area (Å²) < 4.78 is 15.5. The monoisotopic (exact) mass is 442 g/mol. The molecule has 9 nitrogen and oxygen atoms in total. The summed E-state index contributed by atoms with van der Waals surface area (Å²) in [5.41, 5.74) is 0.826. The fraction of sp³-hybridized carbons (Fsp3) is 0.391. The van der Waals surface area contributed by atoms with Crippen molar-refractivity contribution >= 4 is 29.4 Å². The zero-order chi connectivity index (χ0) is 23.1. The molecule has 1 aromatic heterocycles. The maximum Gasteiger partial charge on any atom is 0.338 e. The van der Waals surface area contributed by atoms with Crippen molar-refractivity contribution in [1.82, 2.24) is 4.90 Å². The predicted molar refractivity (Wildman–Crippen MR) is 113 cm³/mol. The highest BCUT2D eigenvalue weighted by molar-refractivity contribution is 5.95. The molecule has 3 rings (SSSR count). The summed E-state index contributed by atoms with van der Waals surface area (Å²) in [6.45, 7) is 4.25. The van der Waals surface area contributed by atoms with Gasteiger partial charge in [0.2, 0.25) is 5.91 Å². The van der Waals surface area contributed by atoms with Crippen LogP contribution in [0.5, 0.6) is 0 Å². The van der Waals surface area contributed by atoms with Crippen molar-refractivity contribution < 1.29 is 33.1 Å². The van der Waals surface area contributed by atoms with Crippen LogP contribution in [0.25, 0.3) is 0 Å². The molecule has 0 unspecified atom stereocenters. The van der Waals surface area contributed by atoms with Crippen LogP contribution in [0.3, 0.4) is 0 Å². The number of carbonyl (C=O) groups excluding carboxylic acids is 4. The van der Waals surface area contributed by atoms with Gasteiger partial charge in [0.1, 0.15) is 5.76 Å². The molecule has 32 heavy (non-hydrogen) atoms. The van der Waals surface area contributed by atoms with Gasteiger partial charge < -0.3 is 24.1 Å². The summed E-state index contributed by atoms with van der Waals surface area (Å²) in [7, 11) is 0. The molecule has 9 heteroatoms. The van der Waals surface area contributed by atoms with E-state index in [0.717, 1.165) is 0 Å². The third kappa shape index (κ3) is 6.44. The smallest absolute Gasteiger partial charge is 0.338 e. The molecule has 1 N–H and O–H groups in total. The number of ether oxygens (including phenoxy) is 2. The van der Waals surface area contributed by atoms with E-state index < -0.39 is 30.4 Å². The minimum atomic E-state index is -0.624. The second-order valence-corrected chi connectivity index (χ2v) is 7.98. The van der Waals surface area contributed by atoms with Crippen molar-refractivity contribution in [3.05, 3.63) is 54.0 Å². The molecule has 1 aliphatic rings. The van der Waals surface area contributed by atoms with E-state index in [0.29, 0.717) is 23.6 Å². The number of furan rings is 1. The van der Waals surface area contributed by atoms with Crippen LogP contribution in [0.4, 0.5) is 5.69 Å². The number of nitrogens with one attached hydrogen (secondary N) is 1. The van der Waals surface area contributed by atoms with Crippen LogP contribution in [0, 0.1) is 11.8 Å². The molecule has 1 atom stereocenters. The van der Waals surface area contributed by atoms with Gasteiger partial charge in [-0.2, -0.15) is 0 Å². The Kier molecular flexibility index (Phi) is 7.64. The summed E-state index contributed by atoms with van der Waals surface area (Å²) in [4.78, 5) is 49.9. The molecular weight excluding hydrogens is 416 g/mol. The third-order valence-corrected chi connectivity index (χ3v) is 4.77. The van der Waals surface area contributed by atoms with Crippen molar-refractivity contribution in [3.8, 4) is 0 Å². The van der Waals surface area contributed by atoms with Gasteiger partial charge in [0.05, 0.1) is 30.9 Å². The van der Waals surface area contributed by atoms with Crippen molar-refractivity contribution in [2.24, 2.45) is 11.8 Å². The van der Waals surface area contributed by atoms with E-state index in [1.54, 1.807) is 36.4 Å². The van der Waals surface area contributed by atoms with E-state index >= 15 is 0 Å². The number of benzene rings is 1. The van der Waals surface area contributed by atoms with E-state index in [2.05, 4.69) is 5.32 Å². The first kappa shape index (κ1) is 23.1. The minimum absolute atomic E-state index is 0.0372. The quantitative estimate of drug-likeness (QED) is 0.594. The summed E-state index contributed by atoms with van der Waals surface area (Å²) in [5.74, 6) is -1.48. The molecule has 0 aliphatic carbocycles.